The predicted molar refractivity (Wildman–Crippen MR) is 61.4 cm³/mol. The number of thioether (sulfide) groups is 1. The third kappa shape index (κ3) is 3.43. The highest BCUT2D eigenvalue weighted by molar-refractivity contribution is 8.00. The van der Waals surface area contributed by atoms with Gasteiger partial charge in [0.2, 0.25) is 0 Å². The number of halogens is 2. The van der Waals surface area contributed by atoms with Gasteiger partial charge in [-0.05, 0) is 24.6 Å². The lowest BCUT2D eigenvalue weighted by molar-refractivity contribution is 0.281. The second kappa shape index (κ2) is 6.18. The molecule has 2 unspecified atom stereocenters. The monoisotopic (exact) mass is 247 g/mol. The van der Waals surface area contributed by atoms with E-state index < -0.39 is 11.6 Å². The highest BCUT2D eigenvalue weighted by Crippen LogP contribution is 2.28. The fraction of sp³-hybridized carbons (Fsp3) is 0.455. The number of nitrogens with two attached hydrogens (primary N) is 1. The number of hydrogen-bond acceptors (Lipinski definition) is 3. The first kappa shape index (κ1) is 13.4. The molecule has 2 nitrogen and oxygen atoms in total. The van der Waals surface area contributed by atoms with Crippen LogP contribution < -0.4 is 5.73 Å². The SMILES string of the molecule is CCC(N)C(CO)Sc1cc(F)ccc1F. The van der Waals surface area contributed by atoms with Gasteiger partial charge in [-0.15, -0.1) is 11.8 Å². The molecule has 0 aromatic heterocycles. The van der Waals surface area contributed by atoms with Crippen LogP contribution in [0.5, 0.6) is 0 Å². The summed E-state index contributed by atoms with van der Waals surface area (Å²) < 4.78 is 26.2. The molecule has 16 heavy (non-hydrogen) atoms. The van der Waals surface area contributed by atoms with Crippen LogP contribution in [0, 0.1) is 11.6 Å². The Morgan fingerprint density at radius 1 is 1.44 bits per heavy atom. The molecule has 90 valence electrons. The van der Waals surface area contributed by atoms with E-state index >= 15 is 0 Å². The van der Waals surface area contributed by atoms with Gasteiger partial charge in [0, 0.05) is 16.2 Å². The Labute approximate surface area is 97.8 Å². The van der Waals surface area contributed by atoms with Gasteiger partial charge in [-0.1, -0.05) is 6.92 Å². The van der Waals surface area contributed by atoms with Crippen LogP contribution in [0.1, 0.15) is 13.3 Å². The zero-order valence-electron chi connectivity index (χ0n) is 8.99. The van der Waals surface area contributed by atoms with E-state index in [9.17, 15) is 8.78 Å². The van der Waals surface area contributed by atoms with Gasteiger partial charge in [0.25, 0.3) is 0 Å². The fourth-order valence-corrected chi connectivity index (χ4v) is 2.38. The maximum absolute atomic E-state index is 13.3. The third-order valence-electron chi connectivity index (χ3n) is 2.30. The summed E-state index contributed by atoms with van der Waals surface area (Å²) in [4.78, 5) is 0.183. The average Bonchev–Trinajstić information content (AvgIpc) is 2.29. The van der Waals surface area contributed by atoms with Crippen LogP contribution in [0.15, 0.2) is 23.1 Å². The molecule has 0 aliphatic carbocycles. The summed E-state index contributed by atoms with van der Waals surface area (Å²) in [5, 5.41) is 8.81. The molecule has 0 fully saturated rings. The second-order valence-electron chi connectivity index (χ2n) is 3.49. The minimum atomic E-state index is -0.495. The van der Waals surface area contributed by atoms with Crippen molar-refractivity contribution in [3.05, 3.63) is 29.8 Å². The molecule has 0 aliphatic rings. The van der Waals surface area contributed by atoms with E-state index in [-0.39, 0.29) is 22.8 Å². The zero-order chi connectivity index (χ0) is 12.1. The predicted octanol–water partition coefficient (Wildman–Crippen LogP) is 2.16. The van der Waals surface area contributed by atoms with Crippen molar-refractivity contribution in [3.8, 4) is 0 Å². The quantitative estimate of drug-likeness (QED) is 0.784. The molecule has 0 saturated heterocycles. The van der Waals surface area contributed by atoms with Gasteiger partial charge >= 0.3 is 0 Å². The maximum Gasteiger partial charge on any atom is 0.136 e. The van der Waals surface area contributed by atoms with Crippen LogP contribution in [0.3, 0.4) is 0 Å². The standard InChI is InChI=1S/C11H15F2NOS/c1-2-9(14)11(6-15)16-10-5-7(12)3-4-8(10)13/h3-5,9,11,15H,2,6,14H2,1H3. The lowest BCUT2D eigenvalue weighted by Crippen LogP contribution is -2.34. The lowest BCUT2D eigenvalue weighted by Gasteiger charge is -2.20. The summed E-state index contributed by atoms with van der Waals surface area (Å²) in [6.45, 7) is 1.73. The summed E-state index contributed by atoms with van der Waals surface area (Å²) in [5.74, 6) is -0.987. The van der Waals surface area contributed by atoms with Crippen LogP contribution in [0.25, 0.3) is 0 Å². The van der Waals surface area contributed by atoms with E-state index in [1.54, 1.807) is 0 Å². The van der Waals surface area contributed by atoms with E-state index in [1.807, 2.05) is 6.92 Å². The van der Waals surface area contributed by atoms with Crippen LogP contribution in [-0.4, -0.2) is 23.0 Å². The minimum Gasteiger partial charge on any atom is -0.395 e. The van der Waals surface area contributed by atoms with Crippen molar-refractivity contribution in [3.63, 3.8) is 0 Å². The number of rotatable bonds is 5. The molecular formula is C11H15F2NOS. The Bertz CT molecular complexity index is 349. The first-order valence-electron chi connectivity index (χ1n) is 5.06. The van der Waals surface area contributed by atoms with Crippen molar-refractivity contribution in [1.82, 2.24) is 0 Å². The molecule has 0 aliphatic heterocycles. The number of aliphatic hydroxyl groups is 1. The topological polar surface area (TPSA) is 46.2 Å². The minimum absolute atomic E-state index is 0.157. The average molecular weight is 247 g/mol. The molecule has 2 atom stereocenters. The van der Waals surface area contributed by atoms with E-state index in [4.69, 9.17) is 10.8 Å². The lowest BCUT2D eigenvalue weighted by atomic mass is 10.2. The van der Waals surface area contributed by atoms with Crippen molar-refractivity contribution in [1.29, 1.82) is 0 Å². The number of hydrogen-bond donors (Lipinski definition) is 2. The Kier molecular flexibility index (Phi) is 5.18. The van der Waals surface area contributed by atoms with Crippen LogP contribution >= 0.6 is 11.8 Å². The molecule has 0 bridgehead atoms. The van der Waals surface area contributed by atoms with Crippen molar-refractivity contribution < 1.29 is 13.9 Å². The molecule has 0 heterocycles. The van der Waals surface area contributed by atoms with Crippen molar-refractivity contribution >= 4 is 11.8 Å². The molecule has 3 N–H and O–H groups in total. The molecule has 0 saturated carbocycles. The molecule has 0 radical (unpaired) electrons. The van der Waals surface area contributed by atoms with Crippen LogP contribution in [0.4, 0.5) is 8.78 Å². The van der Waals surface area contributed by atoms with Gasteiger partial charge in [0.15, 0.2) is 0 Å². The fourth-order valence-electron chi connectivity index (χ4n) is 1.25. The van der Waals surface area contributed by atoms with Gasteiger partial charge < -0.3 is 10.8 Å². The molecule has 1 aromatic carbocycles. The van der Waals surface area contributed by atoms with E-state index in [1.165, 1.54) is 0 Å². The zero-order valence-corrected chi connectivity index (χ0v) is 9.81. The second-order valence-corrected chi connectivity index (χ2v) is 4.77. The maximum atomic E-state index is 13.3. The molecule has 1 rings (SSSR count). The van der Waals surface area contributed by atoms with Gasteiger partial charge in [-0.3, -0.25) is 0 Å². The largest absolute Gasteiger partial charge is 0.395 e. The van der Waals surface area contributed by atoms with Crippen LogP contribution in [0.2, 0.25) is 0 Å². The first-order valence-corrected chi connectivity index (χ1v) is 5.94. The highest BCUT2D eigenvalue weighted by Gasteiger charge is 2.18. The molecule has 1 aromatic rings. The summed E-state index contributed by atoms with van der Waals surface area (Å²) in [7, 11) is 0. The molecule has 0 amide bonds. The van der Waals surface area contributed by atoms with Gasteiger partial charge in [0.05, 0.1) is 6.61 Å². The van der Waals surface area contributed by atoms with E-state index in [0.717, 1.165) is 30.0 Å². The highest BCUT2D eigenvalue weighted by atomic mass is 32.2. The normalized spacial score (nSPS) is 14.8. The Balaban J connectivity index is 2.81. The van der Waals surface area contributed by atoms with Gasteiger partial charge in [-0.2, -0.15) is 0 Å². The Morgan fingerprint density at radius 2 is 2.12 bits per heavy atom. The third-order valence-corrected chi connectivity index (χ3v) is 3.67. The van der Waals surface area contributed by atoms with Gasteiger partial charge in [0.1, 0.15) is 11.6 Å². The Hall–Kier alpha value is -0.650. The summed E-state index contributed by atoms with van der Waals surface area (Å²) in [5.41, 5.74) is 5.77. The van der Waals surface area contributed by atoms with Gasteiger partial charge in [-0.25, -0.2) is 8.78 Å². The van der Waals surface area contributed by atoms with E-state index in [0.29, 0.717) is 6.42 Å². The summed E-state index contributed by atoms with van der Waals surface area (Å²) in [6.07, 6.45) is 0.676. The van der Waals surface area contributed by atoms with E-state index in [2.05, 4.69) is 0 Å². The van der Waals surface area contributed by atoms with Crippen molar-refractivity contribution in [2.45, 2.75) is 29.5 Å². The number of benzene rings is 1. The number of aliphatic hydroxyl groups excluding tert-OH is 1. The Morgan fingerprint density at radius 3 is 2.69 bits per heavy atom. The first-order chi connectivity index (χ1) is 7.58. The van der Waals surface area contributed by atoms with Crippen molar-refractivity contribution in [2.75, 3.05) is 6.61 Å². The van der Waals surface area contributed by atoms with Crippen molar-refractivity contribution in [2.24, 2.45) is 5.73 Å². The molecular weight excluding hydrogens is 232 g/mol. The smallest absolute Gasteiger partial charge is 0.136 e. The molecule has 5 heteroatoms. The summed E-state index contributed by atoms with van der Waals surface area (Å²) >= 11 is 1.07. The molecule has 0 spiro atoms. The van der Waals surface area contributed by atoms with Crippen LogP contribution in [-0.2, 0) is 0 Å². The summed E-state index contributed by atoms with van der Waals surface area (Å²) in [6, 6.07) is 3.01.